The fraction of sp³-hybridized carbons (Fsp3) is 0.350. The van der Waals surface area contributed by atoms with Crippen LogP contribution in [0.4, 0.5) is 5.69 Å². The minimum absolute atomic E-state index is 0.154. The van der Waals surface area contributed by atoms with Gasteiger partial charge < -0.3 is 14.8 Å². The Labute approximate surface area is 158 Å². The summed E-state index contributed by atoms with van der Waals surface area (Å²) >= 11 is 0. The molecule has 0 aliphatic rings. The van der Waals surface area contributed by atoms with E-state index >= 15 is 0 Å². The molecule has 0 spiro atoms. The summed E-state index contributed by atoms with van der Waals surface area (Å²) in [6.45, 7) is 7.84. The van der Waals surface area contributed by atoms with E-state index in [0.29, 0.717) is 28.4 Å². The van der Waals surface area contributed by atoms with E-state index in [-0.39, 0.29) is 11.9 Å². The molecule has 2 aromatic heterocycles. The molecule has 0 aliphatic carbocycles. The number of rotatable bonds is 5. The largest absolute Gasteiger partial charge is 0.493 e. The Balaban J connectivity index is 2.02. The second-order valence-electron chi connectivity index (χ2n) is 6.71. The Kier molecular flexibility index (Phi) is 5.03. The van der Waals surface area contributed by atoms with Crippen LogP contribution in [0.2, 0.25) is 0 Å². The van der Waals surface area contributed by atoms with Gasteiger partial charge in [0.15, 0.2) is 17.1 Å². The number of fused-ring (bicyclic) bond motifs is 1. The number of aryl methyl sites for hydroxylation is 2. The van der Waals surface area contributed by atoms with Crippen LogP contribution in [-0.2, 0) is 0 Å². The molecule has 0 fully saturated rings. The average molecular weight is 368 g/mol. The van der Waals surface area contributed by atoms with Gasteiger partial charge in [-0.15, -0.1) is 0 Å². The number of benzene rings is 1. The van der Waals surface area contributed by atoms with Gasteiger partial charge in [0.2, 0.25) is 0 Å². The van der Waals surface area contributed by atoms with Gasteiger partial charge in [0.25, 0.3) is 5.91 Å². The standard InChI is InChI=1S/C20H24N4O3/c1-11(2)24-19-15(10-21-24)14(8-13(4)22-19)20(25)23-16-9-18(27-6)17(26-5)7-12(16)3/h7-11H,1-6H3,(H,23,25). The number of carbonyl (C=O) groups is 1. The summed E-state index contributed by atoms with van der Waals surface area (Å²) in [5.74, 6) is 0.958. The Morgan fingerprint density at radius 1 is 1.11 bits per heavy atom. The molecule has 0 radical (unpaired) electrons. The van der Waals surface area contributed by atoms with Crippen molar-refractivity contribution in [1.29, 1.82) is 0 Å². The first-order chi connectivity index (χ1) is 12.8. The highest BCUT2D eigenvalue weighted by molar-refractivity contribution is 6.12. The number of anilines is 1. The van der Waals surface area contributed by atoms with Crippen LogP contribution in [0.5, 0.6) is 11.5 Å². The molecule has 1 N–H and O–H groups in total. The molecular formula is C20H24N4O3. The third kappa shape index (κ3) is 3.45. The number of amides is 1. The Morgan fingerprint density at radius 3 is 2.41 bits per heavy atom. The number of methoxy groups -OCH3 is 2. The van der Waals surface area contributed by atoms with Crippen molar-refractivity contribution in [2.45, 2.75) is 33.7 Å². The molecule has 0 atom stereocenters. The van der Waals surface area contributed by atoms with Crippen LogP contribution in [0.25, 0.3) is 11.0 Å². The van der Waals surface area contributed by atoms with Crippen LogP contribution < -0.4 is 14.8 Å². The first-order valence-corrected chi connectivity index (χ1v) is 8.74. The molecule has 0 bridgehead atoms. The van der Waals surface area contributed by atoms with Gasteiger partial charge in [-0.05, 0) is 45.4 Å². The molecule has 3 rings (SSSR count). The van der Waals surface area contributed by atoms with Crippen molar-refractivity contribution < 1.29 is 14.3 Å². The van der Waals surface area contributed by atoms with Crippen LogP contribution in [0.1, 0.15) is 41.5 Å². The zero-order chi connectivity index (χ0) is 19.7. The van der Waals surface area contributed by atoms with Crippen LogP contribution in [-0.4, -0.2) is 34.9 Å². The Hall–Kier alpha value is -3.09. The zero-order valence-electron chi connectivity index (χ0n) is 16.5. The van der Waals surface area contributed by atoms with Crippen molar-refractivity contribution in [2.24, 2.45) is 0 Å². The molecule has 3 aromatic rings. The molecule has 0 unspecified atom stereocenters. The lowest BCUT2D eigenvalue weighted by Gasteiger charge is -2.14. The van der Waals surface area contributed by atoms with Crippen molar-refractivity contribution in [1.82, 2.24) is 14.8 Å². The quantitative estimate of drug-likeness (QED) is 0.739. The highest BCUT2D eigenvalue weighted by atomic mass is 16.5. The number of hydrogen-bond donors (Lipinski definition) is 1. The van der Waals surface area contributed by atoms with Gasteiger partial charge in [-0.1, -0.05) is 0 Å². The van der Waals surface area contributed by atoms with Crippen molar-refractivity contribution in [3.8, 4) is 11.5 Å². The van der Waals surface area contributed by atoms with E-state index in [1.807, 2.05) is 38.4 Å². The number of carbonyl (C=O) groups excluding carboxylic acids is 1. The number of hydrogen-bond acceptors (Lipinski definition) is 5. The maximum atomic E-state index is 13.0. The Bertz CT molecular complexity index is 1010. The van der Waals surface area contributed by atoms with Crippen LogP contribution in [0, 0.1) is 13.8 Å². The van der Waals surface area contributed by atoms with Crippen molar-refractivity contribution in [2.75, 3.05) is 19.5 Å². The van der Waals surface area contributed by atoms with Gasteiger partial charge in [-0.3, -0.25) is 4.79 Å². The molecule has 7 nitrogen and oxygen atoms in total. The van der Waals surface area contributed by atoms with E-state index < -0.39 is 0 Å². The smallest absolute Gasteiger partial charge is 0.256 e. The molecule has 0 saturated carbocycles. The molecule has 142 valence electrons. The van der Waals surface area contributed by atoms with E-state index in [9.17, 15) is 4.79 Å². The highest BCUT2D eigenvalue weighted by Gasteiger charge is 2.18. The van der Waals surface area contributed by atoms with Crippen LogP contribution in [0.3, 0.4) is 0 Å². The van der Waals surface area contributed by atoms with Crippen molar-refractivity contribution >= 4 is 22.6 Å². The van der Waals surface area contributed by atoms with E-state index in [2.05, 4.69) is 15.4 Å². The van der Waals surface area contributed by atoms with Crippen molar-refractivity contribution in [3.63, 3.8) is 0 Å². The summed E-state index contributed by atoms with van der Waals surface area (Å²) in [6.07, 6.45) is 1.69. The molecule has 1 aromatic carbocycles. The highest BCUT2D eigenvalue weighted by Crippen LogP contribution is 2.33. The SMILES string of the molecule is COc1cc(C)c(NC(=O)c2cc(C)nc3c2cnn3C(C)C)cc1OC. The number of ether oxygens (including phenoxy) is 2. The molecule has 0 saturated heterocycles. The second-order valence-corrected chi connectivity index (χ2v) is 6.71. The maximum Gasteiger partial charge on any atom is 0.256 e. The summed E-state index contributed by atoms with van der Waals surface area (Å²) in [5.41, 5.74) is 3.55. The molecular weight excluding hydrogens is 344 g/mol. The Morgan fingerprint density at radius 2 is 1.78 bits per heavy atom. The lowest BCUT2D eigenvalue weighted by Crippen LogP contribution is -2.14. The molecule has 2 heterocycles. The third-order valence-corrected chi connectivity index (χ3v) is 4.41. The van der Waals surface area contributed by atoms with Gasteiger partial charge in [0.05, 0.1) is 31.4 Å². The summed E-state index contributed by atoms with van der Waals surface area (Å²) in [6, 6.07) is 5.52. The lowest BCUT2D eigenvalue weighted by atomic mass is 10.1. The average Bonchev–Trinajstić information content (AvgIpc) is 3.06. The monoisotopic (exact) mass is 368 g/mol. The minimum Gasteiger partial charge on any atom is -0.493 e. The third-order valence-electron chi connectivity index (χ3n) is 4.41. The van der Waals surface area contributed by atoms with Gasteiger partial charge in [-0.25, -0.2) is 9.67 Å². The number of nitrogens with zero attached hydrogens (tertiary/aromatic N) is 3. The van der Waals surface area contributed by atoms with E-state index in [0.717, 1.165) is 16.6 Å². The van der Waals surface area contributed by atoms with Crippen molar-refractivity contribution in [3.05, 3.63) is 41.2 Å². The molecule has 1 amide bonds. The van der Waals surface area contributed by atoms with E-state index in [1.165, 1.54) is 0 Å². The summed E-state index contributed by atoms with van der Waals surface area (Å²) in [7, 11) is 3.15. The van der Waals surface area contributed by atoms with Gasteiger partial charge >= 0.3 is 0 Å². The topological polar surface area (TPSA) is 78.3 Å². The minimum atomic E-state index is -0.218. The van der Waals surface area contributed by atoms with Gasteiger partial charge in [-0.2, -0.15) is 5.10 Å². The van der Waals surface area contributed by atoms with E-state index in [1.54, 1.807) is 32.5 Å². The van der Waals surface area contributed by atoms with Crippen LogP contribution in [0.15, 0.2) is 24.4 Å². The number of nitrogens with one attached hydrogen (secondary N) is 1. The summed E-state index contributed by atoms with van der Waals surface area (Å²) < 4.78 is 12.5. The summed E-state index contributed by atoms with van der Waals surface area (Å²) in [5, 5.41) is 8.09. The zero-order valence-corrected chi connectivity index (χ0v) is 16.5. The summed E-state index contributed by atoms with van der Waals surface area (Å²) in [4.78, 5) is 17.6. The normalized spacial score (nSPS) is 11.1. The van der Waals surface area contributed by atoms with Gasteiger partial charge in [0.1, 0.15) is 0 Å². The molecule has 27 heavy (non-hydrogen) atoms. The fourth-order valence-electron chi connectivity index (χ4n) is 3.01. The number of aromatic nitrogens is 3. The van der Waals surface area contributed by atoms with Gasteiger partial charge in [0, 0.05) is 23.5 Å². The first kappa shape index (κ1) is 18.7. The lowest BCUT2D eigenvalue weighted by molar-refractivity contribution is 0.102. The fourth-order valence-corrected chi connectivity index (χ4v) is 3.01. The van der Waals surface area contributed by atoms with E-state index in [4.69, 9.17) is 9.47 Å². The van der Waals surface area contributed by atoms with Crippen LogP contribution >= 0.6 is 0 Å². The predicted octanol–water partition coefficient (Wildman–Crippen LogP) is 3.90. The predicted molar refractivity (Wildman–Crippen MR) is 105 cm³/mol. The molecule has 7 heteroatoms. The second kappa shape index (κ2) is 7.26. The first-order valence-electron chi connectivity index (χ1n) is 8.74. The molecule has 0 aliphatic heterocycles. The number of pyridine rings is 1. The maximum absolute atomic E-state index is 13.0.